The van der Waals surface area contributed by atoms with Gasteiger partial charge in [-0.1, -0.05) is 6.92 Å². The lowest BCUT2D eigenvalue weighted by Gasteiger charge is -2.35. The highest BCUT2D eigenvalue weighted by atomic mass is 16.5. The van der Waals surface area contributed by atoms with Crippen LogP contribution in [0.1, 0.15) is 33.6 Å². The van der Waals surface area contributed by atoms with Gasteiger partial charge in [-0.15, -0.1) is 0 Å². The van der Waals surface area contributed by atoms with Crippen LogP contribution < -0.4 is 0 Å². The largest absolute Gasteiger partial charge is 0.481 e. The third kappa shape index (κ3) is 1.04. The Kier molecular flexibility index (Phi) is 2.17. The summed E-state index contributed by atoms with van der Waals surface area (Å²) in [6.45, 7) is 6.19. The van der Waals surface area contributed by atoms with Crippen LogP contribution in [-0.2, 0) is 9.53 Å². The molecule has 1 saturated heterocycles. The second kappa shape index (κ2) is 2.73. The van der Waals surface area contributed by atoms with E-state index in [0.717, 1.165) is 0 Å². The summed E-state index contributed by atoms with van der Waals surface area (Å²) in [7, 11) is 0. The number of carboxylic acids is 1. The maximum atomic E-state index is 11.1. The van der Waals surface area contributed by atoms with Crippen LogP contribution in [0.2, 0.25) is 0 Å². The number of hydrogen-bond donors (Lipinski definition) is 1. The van der Waals surface area contributed by atoms with Gasteiger partial charge in [-0.3, -0.25) is 4.79 Å². The average Bonchev–Trinajstić information content (AvgIpc) is 2.25. The first kappa shape index (κ1) is 9.52. The molecule has 0 amide bonds. The van der Waals surface area contributed by atoms with Gasteiger partial charge in [0.1, 0.15) is 0 Å². The highest BCUT2D eigenvalue weighted by molar-refractivity contribution is 5.76. The number of aliphatic carboxylic acids is 1. The average molecular weight is 172 g/mol. The molecule has 0 radical (unpaired) electrons. The highest BCUT2D eigenvalue weighted by Crippen LogP contribution is 2.46. The lowest BCUT2D eigenvalue weighted by atomic mass is 9.71. The predicted octanol–water partition coefficient (Wildman–Crippen LogP) is 1.67. The molecule has 1 rings (SSSR count). The molecule has 0 saturated carbocycles. The van der Waals surface area contributed by atoms with Crippen molar-refractivity contribution in [2.75, 3.05) is 6.61 Å². The van der Waals surface area contributed by atoms with E-state index in [4.69, 9.17) is 9.84 Å². The standard InChI is InChI=1S/C9H16O3/c1-4-9(7(10)11)5-6-12-8(9,2)3/h4-6H2,1-3H3,(H,10,11). The molecule has 1 heterocycles. The van der Waals surface area contributed by atoms with Crippen LogP contribution in [0.3, 0.4) is 0 Å². The molecular formula is C9H16O3. The van der Waals surface area contributed by atoms with E-state index in [-0.39, 0.29) is 0 Å². The van der Waals surface area contributed by atoms with Crippen LogP contribution >= 0.6 is 0 Å². The first-order valence-electron chi connectivity index (χ1n) is 4.33. The third-order valence-corrected chi connectivity index (χ3v) is 3.16. The predicted molar refractivity (Wildman–Crippen MR) is 45.0 cm³/mol. The van der Waals surface area contributed by atoms with Crippen molar-refractivity contribution in [2.24, 2.45) is 5.41 Å². The monoisotopic (exact) mass is 172 g/mol. The lowest BCUT2D eigenvalue weighted by molar-refractivity contribution is -0.158. The molecule has 1 atom stereocenters. The fourth-order valence-electron chi connectivity index (χ4n) is 2.04. The zero-order valence-electron chi connectivity index (χ0n) is 7.89. The Morgan fingerprint density at radius 2 is 2.17 bits per heavy atom. The quantitative estimate of drug-likeness (QED) is 0.689. The second-order valence-electron chi connectivity index (χ2n) is 3.85. The number of rotatable bonds is 2. The van der Waals surface area contributed by atoms with Crippen molar-refractivity contribution in [3.05, 3.63) is 0 Å². The molecule has 1 aliphatic heterocycles. The smallest absolute Gasteiger partial charge is 0.312 e. The summed E-state index contributed by atoms with van der Waals surface area (Å²) in [5.41, 5.74) is -1.19. The zero-order valence-corrected chi connectivity index (χ0v) is 7.89. The van der Waals surface area contributed by atoms with E-state index in [1.165, 1.54) is 0 Å². The van der Waals surface area contributed by atoms with Gasteiger partial charge in [0.15, 0.2) is 0 Å². The molecule has 70 valence electrons. The van der Waals surface area contributed by atoms with Crippen molar-refractivity contribution >= 4 is 5.97 Å². The van der Waals surface area contributed by atoms with E-state index >= 15 is 0 Å². The maximum Gasteiger partial charge on any atom is 0.312 e. The Balaban J connectivity index is 3.00. The summed E-state index contributed by atoms with van der Waals surface area (Å²) in [5.74, 6) is -0.729. The van der Waals surface area contributed by atoms with Crippen LogP contribution in [0.25, 0.3) is 0 Å². The molecule has 3 nitrogen and oxygen atoms in total. The second-order valence-corrected chi connectivity index (χ2v) is 3.85. The normalized spacial score (nSPS) is 33.6. The maximum absolute atomic E-state index is 11.1. The number of carboxylic acid groups (broad SMARTS) is 1. The van der Waals surface area contributed by atoms with E-state index < -0.39 is 17.0 Å². The third-order valence-electron chi connectivity index (χ3n) is 3.16. The first-order valence-corrected chi connectivity index (χ1v) is 4.33. The molecule has 0 aromatic rings. The lowest BCUT2D eigenvalue weighted by Crippen LogP contribution is -2.45. The summed E-state index contributed by atoms with van der Waals surface area (Å²) in [6.07, 6.45) is 1.27. The minimum atomic E-state index is -0.729. The van der Waals surface area contributed by atoms with Gasteiger partial charge in [-0.2, -0.15) is 0 Å². The van der Waals surface area contributed by atoms with E-state index in [1.807, 2.05) is 20.8 Å². The summed E-state index contributed by atoms with van der Waals surface area (Å²) >= 11 is 0. The van der Waals surface area contributed by atoms with Gasteiger partial charge >= 0.3 is 5.97 Å². The molecule has 1 N–H and O–H groups in total. The SMILES string of the molecule is CCC1(C(=O)O)CCOC1(C)C. The Hall–Kier alpha value is -0.570. The minimum absolute atomic E-state index is 0.520. The van der Waals surface area contributed by atoms with Gasteiger partial charge in [-0.05, 0) is 26.7 Å². The van der Waals surface area contributed by atoms with Crippen molar-refractivity contribution in [1.82, 2.24) is 0 Å². The van der Waals surface area contributed by atoms with Crippen LogP contribution in [0, 0.1) is 5.41 Å². The molecule has 0 bridgehead atoms. The summed E-state index contributed by atoms with van der Waals surface area (Å²) < 4.78 is 5.43. The Bertz CT molecular complexity index is 198. The molecule has 3 heteroatoms. The van der Waals surface area contributed by atoms with Gasteiger partial charge in [0.2, 0.25) is 0 Å². The molecule has 1 aliphatic rings. The van der Waals surface area contributed by atoms with Crippen molar-refractivity contribution < 1.29 is 14.6 Å². The minimum Gasteiger partial charge on any atom is -0.481 e. The van der Waals surface area contributed by atoms with Crippen LogP contribution in [-0.4, -0.2) is 23.3 Å². The van der Waals surface area contributed by atoms with Gasteiger partial charge in [-0.25, -0.2) is 0 Å². The van der Waals surface area contributed by atoms with Crippen molar-refractivity contribution in [3.8, 4) is 0 Å². The number of hydrogen-bond acceptors (Lipinski definition) is 2. The Morgan fingerprint density at radius 3 is 2.33 bits per heavy atom. The van der Waals surface area contributed by atoms with Gasteiger partial charge in [0.25, 0.3) is 0 Å². The van der Waals surface area contributed by atoms with E-state index in [9.17, 15) is 4.79 Å². The van der Waals surface area contributed by atoms with Crippen LogP contribution in [0.5, 0.6) is 0 Å². The van der Waals surface area contributed by atoms with Crippen LogP contribution in [0.15, 0.2) is 0 Å². The molecule has 0 aliphatic carbocycles. The zero-order chi connectivity index (χ0) is 9.41. The van der Waals surface area contributed by atoms with Gasteiger partial charge in [0.05, 0.1) is 11.0 Å². The van der Waals surface area contributed by atoms with Crippen molar-refractivity contribution in [1.29, 1.82) is 0 Å². The van der Waals surface area contributed by atoms with E-state index in [2.05, 4.69) is 0 Å². The fourth-order valence-corrected chi connectivity index (χ4v) is 2.04. The van der Waals surface area contributed by atoms with Crippen LogP contribution in [0.4, 0.5) is 0 Å². The fraction of sp³-hybridized carbons (Fsp3) is 0.889. The Morgan fingerprint density at radius 1 is 1.58 bits per heavy atom. The van der Waals surface area contributed by atoms with E-state index in [0.29, 0.717) is 19.4 Å². The molecule has 0 spiro atoms. The van der Waals surface area contributed by atoms with Gasteiger partial charge < -0.3 is 9.84 Å². The highest BCUT2D eigenvalue weighted by Gasteiger charge is 2.54. The molecular weight excluding hydrogens is 156 g/mol. The summed E-state index contributed by atoms with van der Waals surface area (Å²) in [4.78, 5) is 11.1. The molecule has 12 heavy (non-hydrogen) atoms. The van der Waals surface area contributed by atoms with Gasteiger partial charge in [0, 0.05) is 6.61 Å². The number of ether oxygens (including phenoxy) is 1. The first-order chi connectivity index (χ1) is 5.46. The molecule has 0 aromatic heterocycles. The molecule has 1 unspecified atom stereocenters. The topological polar surface area (TPSA) is 46.5 Å². The van der Waals surface area contributed by atoms with Crippen molar-refractivity contribution in [3.63, 3.8) is 0 Å². The summed E-state index contributed by atoms with van der Waals surface area (Å²) in [6, 6.07) is 0. The molecule has 1 fully saturated rings. The Labute approximate surface area is 72.7 Å². The van der Waals surface area contributed by atoms with E-state index in [1.54, 1.807) is 0 Å². The summed E-state index contributed by atoms with van der Waals surface area (Å²) in [5, 5.41) is 9.12. The van der Waals surface area contributed by atoms with Crippen molar-refractivity contribution in [2.45, 2.75) is 39.2 Å². The molecule has 0 aromatic carbocycles. The number of carbonyl (C=O) groups is 1.